The summed E-state index contributed by atoms with van der Waals surface area (Å²) in [5, 5.41) is 13.5. The van der Waals surface area contributed by atoms with Crippen LogP contribution in [-0.4, -0.2) is 90.9 Å². The number of fused-ring (bicyclic) bond motifs is 1. The molecule has 3 aliphatic rings. The number of likely N-dealkylation sites (tertiary alicyclic amines) is 1. The van der Waals surface area contributed by atoms with E-state index in [9.17, 15) is 19.2 Å². The fraction of sp³-hybridized carbons (Fsp3) is 0.481. The van der Waals surface area contributed by atoms with Crippen LogP contribution in [0.15, 0.2) is 30.5 Å². The van der Waals surface area contributed by atoms with Gasteiger partial charge in [-0.2, -0.15) is 5.26 Å². The summed E-state index contributed by atoms with van der Waals surface area (Å²) in [7, 11) is 2.13. The zero-order valence-electron chi connectivity index (χ0n) is 22.0. The molecule has 12 heteroatoms. The summed E-state index contributed by atoms with van der Waals surface area (Å²) >= 11 is 0. The lowest BCUT2D eigenvalue weighted by Gasteiger charge is -2.41. The van der Waals surface area contributed by atoms with Gasteiger partial charge in [0.05, 0.1) is 23.4 Å². The number of nitriles is 1. The molecular weight excluding hydrogens is 507 g/mol. The second-order valence-corrected chi connectivity index (χ2v) is 9.86. The molecule has 1 aromatic heterocycles. The fourth-order valence-corrected chi connectivity index (χ4v) is 5.49. The largest absolute Gasteiger partial charge is 0.529 e. The number of nitrogens with zero attached hydrogens (tertiary/aromatic N) is 5. The van der Waals surface area contributed by atoms with E-state index < -0.39 is 23.5 Å². The van der Waals surface area contributed by atoms with Gasteiger partial charge in [0.1, 0.15) is 11.9 Å². The molecule has 0 saturated carbocycles. The number of pyridine rings is 1. The standard InChI is InChI=1S/C27H31FN6O5/c1-3-37-24-20(5-4-8-30-24)27(21-15-18(17-29)22(28)16-23(21)31-25(27)35)38-26(36)39-34-13-11-33(12-14-34)19-6-9-32(2)10-7-19/h4-5,8,15-16,19H,3,6-7,9-14H2,1-2H3,(H,31,35). The summed E-state index contributed by atoms with van der Waals surface area (Å²) in [4.78, 5) is 41.3. The highest BCUT2D eigenvalue weighted by molar-refractivity contribution is 6.08. The van der Waals surface area contributed by atoms with Crippen LogP contribution in [0, 0.1) is 17.1 Å². The van der Waals surface area contributed by atoms with Crippen molar-refractivity contribution in [1.29, 1.82) is 5.26 Å². The SMILES string of the molecule is CCOc1ncccc1C1(OC(=O)ON2CCN(C3CCN(C)CC3)CC2)C(=O)Nc2cc(F)c(C#N)cc21. The molecule has 1 N–H and O–H groups in total. The van der Waals surface area contributed by atoms with Crippen molar-refractivity contribution in [2.45, 2.75) is 31.4 Å². The lowest BCUT2D eigenvalue weighted by molar-refractivity contribution is -0.167. The van der Waals surface area contributed by atoms with Gasteiger partial charge >= 0.3 is 6.16 Å². The Balaban J connectivity index is 1.39. The maximum Gasteiger partial charge on any atom is 0.529 e. The fourth-order valence-electron chi connectivity index (χ4n) is 5.49. The summed E-state index contributed by atoms with van der Waals surface area (Å²) in [6.07, 6.45) is 2.58. The highest BCUT2D eigenvalue weighted by atomic mass is 19.1. The van der Waals surface area contributed by atoms with Crippen molar-refractivity contribution in [1.82, 2.24) is 19.8 Å². The lowest BCUT2D eigenvalue weighted by Crippen LogP contribution is -2.53. The Labute approximate surface area is 226 Å². The Bertz CT molecular complexity index is 1290. The molecule has 1 unspecified atom stereocenters. The third-order valence-corrected chi connectivity index (χ3v) is 7.52. The minimum Gasteiger partial charge on any atom is -0.478 e. The van der Waals surface area contributed by atoms with Crippen molar-refractivity contribution in [3.05, 3.63) is 53.0 Å². The van der Waals surface area contributed by atoms with E-state index in [1.165, 1.54) is 23.4 Å². The third-order valence-electron chi connectivity index (χ3n) is 7.52. The minimum absolute atomic E-state index is 0.0605. The maximum absolute atomic E-state index is 14.4. The van der Waals surface area contributed by atoms with Crippen molar-refractivity contribution < 1.29 is 28.3 Å². The maximum atomic E-state index is 14.4. The number of piperidine rings is 1. The summed E-state index contributed by atoms with van der Waals surface area (Å²) in [6, 6.07) is 7.61. The first-order valence-electron chi connectivity index (χ1n) is 13.1. The predicted octanol–water partition coefficient (Wildman–Crippen LogP) is 2.47. The van der Waals surface area contributed by atoms with Gasteiger partial charge in [0.15, 0.2) is 0 Å². The zero-order valence-corrected chi connectivity index (χ0v) is 22.0. The van der Waals surface area contributed by atoms with Crippen LogP contribution in [0.5, 0.6) is 5.88 Å². The number of hydrogen-bond donors (Lipinski definition) is 1. The summed E-state index contributed by atoms with van der Waals surface area (Å²) in [5.74, 6) is -1.51. The average Bonchev–Trinajstić information content (AvgIpc) is 3.19. The zero-order chi connectivity index (χ0) is 27.6. The molecule has 206 valence electrons. The van der Waals surface area contributed by atoms with Crippen molar-refractivity contribution in [2.24, 2.45) is 0 Å². The lowest BCUT2D eigenvalue weighted by atomic mass is 9.86. The molecule has 1 amide bonds. The molecule has 5 rings (SSSR count). The van der Waals surface area contributed by atoms with Crippen LogP contribution < -0.4 is 10.1 Å². The number of carbonyl (C=O) groups excluding carboxylic acids is 2. The number of aromatic nitrogens is 1. The van der Waals surface area contributed by atoms with Gasteiger partial charge < -0.3 is 24.5 Å². The van der Waals surface area contributed by atoms with E-state index in [1.807, 2.05) is 0 Å². The Hall–Kier alpha value is -3.79. The molecule has 11 nitrogen and oxygen atoms in total. The van der Waals surface area contributed by atoms with Gasteiger partial charge in [0.2, 0.25) is 5.88 Å². The van der Waals surface area contributed by atoms with E-state index >= 15 is 0 Å². The molecule has 3 aliphatic heterocycles. The smallest absolute Gasteiger partial charge is 0.478 e. The van der Waals surface area contributed by atoms with Crippen molar-refractivity contribution in [2.75, 3.05) is 58.2 Å². The quantitative estimate of drug-likeness (QED) is 0.549. The average molecular weight is 539 g/mol. The number of amides is 1. The van der Waals surface area contributed by atoms with Gasteiger partial charge in [-0.05, 0) is 64.2 Å². The topological polar surface area (TPSA) is 120 Å². The number of hydrogen-bond acceptors (Lipinski definition) is 10. The first-order valence-corrected chi connectivity index (χ1v) is 13.1. The van der Waals surface area contributed by atoms with E-state index in [-0.39, 0.29) is 34.9 Å². The second kappa shape index (κ2) is 11.1. The molecule has 2 saturated heterocycles. The van der Waals surface area contributed by atoms with Crippen LogP contribution in [0.3, 0.4) is 0 Å². The number of nitrogens with one attached hydrogen (secondary N) is 1. The molecule has 2 fully saturated rings. The summed E-state index contributed by atoms with van der Waals surface area (Å²) in [6.45, 7) is 6.54. The van der Waals surface area contributed by atoms with Crippen LogP contribution in [-0.2, 0) is 20.0 Å². The number of hydroxylamine groups is 2. The van der Waals surface area contributed by atoms with E-state index in [1.54, 1.807) is 19.1 Å². The third kappa shape index (κ3) is 5.13. The van der Waals surface area contributed by atoms with Crippen molar-refractivity contribution >= 4 is 17.7 Å². The molecule has 0 spiro atoms. The van der Waals surface area contributed by atoms with Crippen LogP contribution in [0.4, 0.5) is 14.9 Å². The van der Waals surface area contributed by atoms with Gasteiger partial charge in [0.25, 0.3) is 11.5 Å². The van der Waals surface area contributed by atoms with Crippen LogP contribution >= 0.6 is 0 Å². The molecule has 0 radical (unpaired) electrons. The minimum atomic E-state index is -2.11. The van der Waals surface area contributed by atoms with Gasteiger partial charge in [-0.1, -0.05) is 0 Å². The number of ether oxygens (including phenoxy) is 2. The number of piperazine rings is 1. The summed E-state index contributed by atoms with van der Waals surface area (Å²) < 4.78 is 25.9. The Morgan fingerprint density at radius 3 is 2.64 bits per heavy atom. The Morgan fingerprint density at radius 2 is 1.95 bits per heavy atom. The number of benzene rings is 1. The normalized spacial score (nSPS) is 22.6. The highest BCUT2D eigenvalue weighted by Gasteiger charge is 2.55. The summed E-state index contributed by atoms with van der Waals surface area (Å²) in [5.41, 5.74) is -2.13. The predicted molar refractivity (Wildman–Crippen MR) is 137 cm³/mol. The molecule has 4 heterocycles. The Morgan fingerprint density at radius 1 is 1.21 bits per heavy atom. The molecule has 1 aromatic carbocycles. The second-order valence-electron chi connectivity index (χ2n) is 9.86. The Kier molecular flexibility index (Phi) is 7.65. The number of anilines is 1. The highest BCUT2D eigenvalue weighted by Crippen LogP contribution is 2.47. The van der Waals surface area contributed by atoms with Gasteiger partial charge in [0, 0.05) is 44.0 Å². The van der Waals surface area contributed by atoms with Gasteiger partial charge in [-0.15, -0.1) is 5.06 Å². The number of carbonyl (C=O) groups is 2. The van der Waals surface area contributed by atoms with E-state index in [4.69, 9.17) is 14.3 Å². The monoisotopic (exact) mass is 538 g/mol. The number of rotatable bonds is 6. The van der Waals surface area contributed by atoms with Crippen molar-refractivity contribution in [3.8, 4) is 11.9 Å². The molecule has 1 atom stereocenters. The molecule has 2 aromatic rings. The van der Waals surface area contributed by atoms with E-state index in [0.717, 1.165) is 45.1 Å². The van der Waals surface area contributed by atoms with Gasteiger partial charge in [-0.3, -0.25) is 9.69 Å². The molecule has 0 aliphatic carbocycles. The molecule has 0 bridgehead atoms. The number of halogens is 1. The molecular formula is C27H31FN6O5. The van der Waals surface area contributed by atoms with Gasteiger partial charge in [-0.25, -0.2) is 14.2 Å². The van der Waals surface area contributed by atoms with Crippen LogP contribution in [0.25, 0.3) is 0 Å². The first kappa shape index (κ1) is 26.8. The first-order chi connectivity index (χ1) is 18.8. The van der Waals surface area contributed by atoms with Crippen molar-refractivity contribution in [3.63, 3.8) is 0 Å². The van der Waals surface area contributed by atoms with E-state index in [2.05, 4.69) is 27.1 Å². The van der Waals surface area contributed by atoms with Crippen LogP contribution in [0.1, 0.15) is 36.5 Å². The molecule has 39 heavy (non-hydrogen) atoms. The van der Waals surface area contributed by atoms with Crippen LogP contribution in [0.2, 0.25) is 0 Å². The van der Waals surface area contributed by atoms with E-state index in [0.29, 0.717) is 19.1 Å².